The Labute approximate surface area is 128 Å². The van der Waals surface area contributed by atoms with Crippen LogP contribution in [0.2, 0.25) is 0 Å². The molecule has 4 rings (SSSR count). The van der Waals surface area contributed by atoms with Crippen LogP contribution in [0.25, 0.3) is 0 Å². The predicted octanol–water partition coefficient (Wildman–Crippen LogP) is 4.10. The number of hydrogen-bond donors (Lipinski definition) is 0. The lowest BCUT2D eigenvalue weighted by atomic mass is 9.45. The molecule has 0 spiro atoms. The molecule has 4 saturated carbocycles. The van der Waals surface area contributed by atoms with E-state index in [-0.39, 0.29) is 11.4 Å². The van der Waals surface area contributed by atoms with Gasteiger partial charge in [0.15, 0.2) is 5.60 Å². The minimum absolute atomic E-state index is 0.0653. The lowest BCUT2D eigenvalue weighted by Crippen LogP contribution is -2.58. The van der Waals surface area contributed by atoms with Crippen molar-refractivity contribution in [2.24, 2.45) is 23.2 Å². The molecule has 0 heterocycles. The fourth-order valence-electron chi connectivity index (χ4n) is 5.47. The number of carbonyl (C=O) groups excluding carboxylic acids is 1. The Morgan fingerprint density at radius 3 is 2.05 bits per heavy atom. The molecule has 0 saturated heterocycles. The quantitative estimate of drug-likeness (QED) is 0.443. The zero-order valence-corrected chi connectivity index (χ0v) is 13.5. The number of esters is 1. The molecule has 0 radical (unpaired) electrons. The van der Waals surface area contributed by atoms with Crippen molar-refractivity contribution in [3.63, 3.8) is 0 Å². The van der Waals surface area contributed by atoms with Gasteiger partial charge in [-0.25, -0.2) is 4.79 Å². The second-order valence-electron chi connectivity index (χ2n) is 7.78. The summed E-state index contributed by atoms with van der Waals surface area (Å²) in [6, 6.07) is 0. The summed E-state index contributed by atoms with van der Waals surface area (Å²) in [6.45, 7) is 9.31. The molecule has 114 valence electrons. The molecule has 4 aliphatic rings. The van der Waals surface area contributed by atoms with E-state index in [1.165, 1.54) is 38.5 Å². The first kappa shape index (κ1) is 14.7. The van der Waals surface area contributed by atoms with Gasteiger partial charge in [0.25, 0.3) is 0 Å². The lowest BCUT2D eigenvalue weighted by Gasteiger charge is -2.60. The fraction of sp³-hybridized carbons (Fsp3) is 0.737. The number of carbonyl (C=O) groups is 1. The molecule has 2 heteroatoms. The molecular weight excluding hydrogens is 260 g/mol. The highest BCUT2D eigenvalue weighted by Crippen LogP contribution is 2.64. The van der Waals surface area contributed by atoms with E-state index < -0.39 is 5.60 Å². The average Bonchev–Trinajstić information content (AvgIpc) is 2.36. The van der Waals surface area contributed by atoms with E-state index in [9.17, 15) is 4.79 Å². The fourth-order valence-corrected chi connectivity index (χ4v) is 5.47. The summed E-state index contributed by atoms with van der Waals surface area (Å²) in [6.07, 6.45) is 7.66. The van der Waals surface area contributed by atoms with E-state index in [1.54, 1.807) is 6.92 Å². The molecule has 0 aromatic rings. The first-order valence-electron chi connectivity index (χ1n) is 8.20. The molecule has 1 unspecified atom stereocenters. The van der Waals surface area contributed by atoms with Crippen molar-refractivity contribution in [3.05, 3.63) is 12.2 Å². The SMILES string of the molecule is C=C(C)C(=O)OC(C)(C#CC)C12CC3CC(CC(C3)C1)C2. The molecule has 0 amide bonds. The van der Waals surface area contributed by atoms with Crippen molar-refractivity contribution < 1.29 is 9.53 Å². The van der Waals surface area contributed by atoms with Crippen LogP contribution in [0, 0.1) is 35.0 Å². The van der Waals surface area contributed by atoms with Gasteiger partial charge in [-0.2, -0.15) is 0 Å². The van der Waals surface area contributed by atoms with Crippen LogP contribution in [0.15, 0.2) is 12.2 Å². The smallest absolute Gasteiger partial charge is 0.334 e. The molecule has 2 nitrogen and oxygen atoms in total. The van der Waals surface area contributed by atoms with Gasteiger partial charge < -0.3 is 4.74 Å². The van der Waals surface area contributed by atoms with Gasteiger partial charge >= 0.3 is 5.97 Å². The zero-order chi connectivity index (χ0) is 15.3. The van der Waals surface area contributed by atoms with Gasteiger partial charge in [0.1, 0.15) is 0 Å². The lowest BCUT2D eigenvalue weighted by molar-refractivity contribution is -0.183. The van der Waals surface area contributed by atoms with Crippen LogP contribution in [0.1, 0.15) is 59.3 Å². The van der Waals surface area contributed by atoms with Gasteiger partial charge in [-0.1, -0.05) is 12.5 Å². The first-order valence-corrected chi connectivity index (χ1v) is 8.20. The van der Waals surface area contributed by atoms with Crippen molar-refractivity contribution in [1.82, 2.24) is 0 Å². The third kappa shape index (κ3) is 2.31. The Bertz CT molecular complexity index is 498. The van der Waals surface area contributed by atoms with E-state index in [0.29, 0.717) is 5.57 Å². The summed E-state index contributed by atoms with van der Waals surface area (Å²) >= 11 is 0. The Kier molecular flexibility index (Phi) is 3.43. The molecular formula is C19H26O2. The third-order valence-electron chi connectivity index (χ3n) is 6.06. The highest BCUT2D eigenvalue weighted by Gasteiger charge is 2.60. The Balaban J connectivity index is 1.94. The second-order valence-corrected chi connectivity index (χ2v) is 7.78. The van der Waals surface area contributed by atoms with Gasteiger partial charge in [0, 0.05) is 11.0 Å². The van der Waals surface area contributed by atoms with E-state index in [0.717, 1.165) is 17.8 Å². The predicted molar refractivity (Wildman–Crippen MR) is 83.4 cm³/mol. The maximum atomic E-state index is 12.1. The largest absolute Gasteiger partial charge is 0.442 e. The van der Waals surface area contributed by atoms with E-state index in [4.69, 9.17) is 4.74 Å². The molecule has 0 aliphatic heterocycles. The Morgan fingerprint density at radius 2 is 1.67 bits per heavy atom. The number of rotatable bonds is 3. The van der Waals surface area contributed by atoms with Gasteiger partial charge in [-0.3, -0.25) is 0 Å². The molecule has 4 fully saturated rings. The Morgan fingerprint density at radius 1 is 1.19 bits per heavy atom. The topological polar surface area (TPSA) is 26.3 Å². The second kappa shape index (κ2) is 4.90. The normalized spacial score (nSPS) is 39.1. The van der Waals surface area contributed by atoms with Crippen LogP contribution < -0.4 is 0 Å². The molecule has 4 aliphatic carbocycles. The maximum Gasteiger partial charge on any atom is 0.334 e. The molecule has 1 atom stereocenters. The molecule has 21 heavy (non-hydrogen) atoms. The summed E-state index contributed by atoms with van der Waals surface area (Å²) < 4.78 is 5.91. The van der Waals surface area contributed by atoms with Gasteiger partial charge in [-0.15, -0.1) is 5.92 Å². The highest BCUT2D eigenvalue weighted by molar-refractivity contribution is 5.87. The van der Waals surface area contributed by atoms with Crippen molar-refractivity contribution in [3.8, 4) is 11.8 Å². The van der Waals surface area contributed by atoms with Crippen LogP contribution >= 0.6 is 0 Å². The van der Waals surface area contributed by atoms with Gasteiger partial charge in [-0.05, 0) is 77.0 Å². The van der Waals surface area contributed by atoms with E-state index in [1.807, 2.05) is 13.8 Å². The van der Waals surface area contributed by atoms with Crippen LogP contribution in [0.5, 0.6) is 0 Å². The van der Waals surface area contributed by atoms with Crippen molar-refractivity contribution in [2.45, 2.75) is 64.9 Å². The van der Waals surface area contributed by atoms with E-state index >= 15 is 0 Å². The summed E-state index contributed by atoms with van der Waals surface area (Å²) in [4.78, 5) is 12.1. The summed E-state index contributed by atoms with van der Waals surface area (Å²) in [5.74, 6) is 8.45. The monoisotopic (exact) mass is 286 g/mol. The van der Waals surface area contributed by atoms with Crippen LogP contribution in [-0.2, 0) is 9.53 Å². The number of ether oxygens (including phenoxy) is 1. The standard InChI is InChI=1S/C19H26O2/c1-5-6-18(4,21-17(20)13(2)3)19-10-14-7-15(11-19)9-16(8-14)12-19/h14-16H,2,7-12H2,1,3-4H3. The van der Waals surface area contributed by atoms with Gasteiger partial charge in [0.05, 0.1) is 0 Å². The maximum absolute atomic E-state index is 12.1. The molecule has 0 aromatic carbocycles. The Hall–Kier alpha value is -1.23. The van der Waals surface area contributed by atoms with Crippen molar-refractivity contribution >= 4 is 5.97 Å². The first-order chi connectivity index (χ1) is 9.87. The number of hydrogen-bond acceptors (Lipinski definition) is 2. The molecule has 0 aromatic heterocycles. The highest BCUT2D eigenvalue weighted by atomic mass is 16.6. The zero-order valence-electron chi connectivity index (χ0n) is 13.5. The van der Waals surface area contributed by atoms with Crippen LogP contribution in [0.4, 0.5) is 0 Å². The summed E-state index contributed by atoms with van der Waals surface area (Å²) in [7, 11) is 0. The minimum Gasteiger partial charge on any atom is -0.442 e. The van der Waals surface area contributed by atoms with E-state index in [2.05, 4.69) is 18.4 Å². The summed E-state index contributed by atoms with van der Waals surface area (Å²) in [5, 5.41) is 0. The third-order valence-corrected chi connectivity index (χ3v) is 6.06. The van der Waals surface area contributed by atoms with Gasteiger partial charge in [0.2, 0.25) is 0 Å². The summed E-state index contributed by atoms with van der Waals surface area (Å²) in [5.41, 5.74) is -0.132. The van der Waals surface area contributed by atoms with Crippen LogP contribution in [0.3, 0.4) is 0 Å². The van der Waals surface area contributed by atoms with Crippen LogP contribution in [-0.4, -0.2) is 11.6 Å². The molecule has 4 bridgehead atoms. The molecule has 0 N–H and O–H groups in total. The van der Waals surface area contributed by atoms with Crippen molar-refractivity contribution in [1.29, 1.82) is 0 Å². The average molecular weight is 286 g/mol. The van der Waals surface area contributed by atoms with Crippen molar-refractivity contribution in [2.75, 3.05) is 0 Å². The minimum atomic E-state index is -0.659.